The molecule has 5 heteroatoms. The first-order chi connectivity index (χ1) is 11.5. The van der Waals surface area contributed by atoms with Crippen LogP contribution < -0.4 is 0 Å². The maximum Gasteiger partial charge on any atom is 0.100 e. The predicted octanol–water partition coefficient (Wildman–Crippen LogP) is 4.39. The molecule has 0 bridgehead atoms. The SMILES string of the molecule is CC(C)Cc1ncc(-c2cnc(C3CCCN(C(C)C)C3)cn2)s1. The molecule has 4 nitrogen and oxygen atoms in total. The van der Waals surface area contributed by atoms with E-state index in [1.807, 2.05) is 18.6 Å². The van der Waals surface area contributed by atoms with Crippen molar-refractivity contribution >= 4 is 11.3 Å². The Labute approximate surface area is 149 Å². The van der Waals surface area contributed by atoms with Crippen LogP contribution in [0.3, 0.4) is 0 Å². The van der Waals surface area contributed by atoms with Crippen LogP contribution in [0.2, 0.25) is 0 Å². The highest BCUT2D eigenvalue weighted by atomic mass is 32.1. The van der Waals surface area contributed by atoms with E-state index in [2.05, 4.69) is 42.6 Å². The summed E-state index contributed by atoms with van der Waals surface area (Å²) in [5, 5.41) is 1.19. The second-order valence-electron chi connectivity index (χ2n) is 7.47. The lowest BCUT2D eigenvalue weighted by molar-refractivity contribution is 0.166. The van der Waals surface area contributed by atoms with Gasteiger partial charge in [0.05, 0.1) is 21.8 Å². The molecule has 1 fully saturated rings. The molecule has 1 aliphatic rings. The van der Waals surface area contributed by atoms with Crippen molar-refractivity contribution in [3.63, 3.8) is 0 Å². The minimum Gasteiger partial charge on any atom is -0.300 e. The first kappa shape index (κ1) is 17.5. The zero-order valence-electron chi connectivity index (χ0n) is 15.2. The molecule has 0 saturated carbocycles. The third-order valence-corrected chi connectivity index (χ3v) is 5.70. The van der Waals surface area contributed by atoms with Crippen molar-refractivity contribution in [2.24, 2.45) is 5.92 Å². The number of rotatable bonds is 5. The molecular weight excluding hydrogens is 316 g/mol. The van der Waals surface area contributed by atoms with Gasteiger partial charge < -0.3 is 4.90 Å². The summed E-state index contributed by atoms with van der Waals surface area (Å²) in [6, 6.07) is 0.608. The molecule has 24 heavy (non-hydrogen) atoms. The van der Waals surface area contributed by atoms with Crippen molar-refractivity contribution in [2.45, 2.75) is 58.9 Å². The van der Waals surface area contributed by atoms with Gasteiger partial charge in [0.15, 0.2) is 0 Å². The topological polar surface area (TPSA) is 41.9 Å². The molecule has 1 aliphatic heterocycles. The summed E-state index contributed by atoms with van der Waals surface area (Å²) in [5.74, 6) is 1.15. The van der Waals surface area contributed by atoms with Crippen LogP contribution in [0.25, 0.3) is 10.6 Å². The molecule has 0 spiro atoms. The van der Waals surface area contributed by atoms with Gasteiger partial charge in [-0.3, -0.25) is 9.97 Å². The second kappa shape index (κ2) is 7.70. The molecule has 2 aromatic rings. The molecule has 0 aromatic carbocycles. The molecule has 0 amide bonds. The molecule has 0 aliphatic carbocycles. The maximum atomic E-state index is 4.73. The third-order valence-electron chi connectivity index (χ3n) is 4.66. The number of piperidine rings is 1. The monoisotopic (exact) mass is 344 g/mol. The zero-order chi connectivity index (χ0) is 17.1. The molecule has 3 rings (SSSR count). The van der Waals surface area contributed by atoms with Gasteiger partial charge in [-0.15, -0.1) is 11.3 Å². The Morgan fingerprint density at radius 3 is 2.62 bits per heavy atom. The summed E-state index contributed by atoms with van der Waals surface area (Å²) in [6.45, 7) is 11.3. The van der Waals surface area contributed by atoms with E-state index < -0.39 is 0 Å². The van der Waals surface area contributed by atoms with Gasteiger partial charge in [-0.1, -0.05) is 13.8 Å². The number of hydrogen-bond donors (Lipinski definition) is 0. The van der Waals surface area contributed by atoms with E-state index in [4.69, 9.17) is 4.98 Å². The minimum atomic E-state index is 0.515. The van der Waals surface area contributed by atoms with Gasteiger partial charge in [-0.05, 0) is 39.2 Å². The highest BCUT2D eigenvalue weighted by Crippen LogP contribution is 2.29. The van der Waals surface area contributed by atoms with Crippen molar-refractivity contribution in [1.29, 1.82) is 0 Å². The van der Waals surface area contributed by atoms with Gasteiger partial charge in [0.25, 0.3) is 0 Å². The van der Waals surface area contributed by atoms with E-state index in [0.717, 1.165) is 29.2 Å². The molecule has 0 radical (unpaired) electrons. The van der Waals surface area contributed by atoms with E-state index in [0.29, 0.717) is 17.9 Å². The molecule has 1 atom stereocenters. The minimum absolute atomic E-state index is 0.515. The Bertz CT molecular complexity index is 648. The van der Waals surface area contributed by atoms with E-state index in [-0.39, 0.29) is 0 Å². The third kappa shape index (κ3) is 4.19. The second-order valence-corrected chi connectivity index (χ2v) is 8.59. The smallest absolute Gasteiger partial charge is 0.100 e. The van der Waals surface area contributed by atoms with Crippen molar-refractivity contribution in [2.75, 3.05) is 13.1 Å². The van der Waals surface area contributed by atoms with Gasteiger partial charge in [0, 0.05) is 37.3 Å². The van der Waals surface area contributed by atoms with E-state index in [1.54, 1.807) is 11.3 Å². The summed E-state index contributed by atoms with van der Waals surface area (Å²) in [5.41, 5.74) is 2.08. The lowest BCUT2D eigenvalue weighted by Gasteiger charge is -2.35. The number of likely N-dealkylation sites (tertiary alicyclic amines) is 1. The van der Waals surface area contributed by atoms with E-state index in [1.165, 1.54) is 24.4 Å². The Kier molecular flexibility index (Phi) is 5.61. The Morgan fingerprint density at radius 1 is 1.12 bits per heavy atom. The standard InChI is InChI=1S/C19H28N4S/c1-13(2)8-19-22-11-18(24-19)17-10-20-16(9-21-17)15-6-5-7-23(12-15)14(3)4/h9-11,13-15H,5-8,12H2,1-4H3. The van der Waals surface area contributed by atoms with Gasteiger partial charge in [-0.25, -0.2) is 4.98 Å². The van der Waals surface area contributed by atoms with Crippen LogP contribution in [0.5, 0.6) is 0 Å². The molecule has 130 valence electrons. The van der Waals surface area contributed by atoms with Crippen LogP contribution in [-0.2, 0) is 6.42 Å². The van der Waals surface area contributed by atoms with Crippen molar-refractivity contribution < 1.29 is 0 Å². The normalized spacial score (nSPS) is 19.3. The van der Waals surface area contributed by atoms with Crippen LogP contribution in [0, 0.1) is 5.92 Å². The molecule has 1 saturated heterocycles. The van der Waals surface area contributed by atoms with Crippen LogP contribution in [-0.4, -0.2) is 39.0 Å². The molecule has 3 heterocycles. The fourth-order valence-corrected chi connectivity index (χ4v) is 4.36. The van der Waals surface area contributed by atoms with E-state index >= 15 is 0 Å². The fourth-order valence-electron chi connectivity index (χ4n) is 3.27. The number of hydrogen-bond acceptors (Lipinski definition) is 5. The summed E-state index contributed by atoms with van der Waals surface area (Å²) in [4.78, 5) is 17.6. The highest BCUT2D eigenvalue weighted by molar-refractivity contribution is 7.15. The van der Waals surface area contributed by atoms with Crippen LogP contribution in [0.1, 0.15) is 57.2 Å². The summed E-state index contributed by atoms with van der Waals surface area (Å²) in [6.07, 6.45) is 9.34. The van der Waals surface area contributed by atoms with E-state index in [9.17, 15) is 0 Å². The lowest BCUT2D eigenvalue weighted by atomic mass is 9.94. The summed E-state index contributed by atoms with van der Waals surface area (Å²) in [7, 11) is 0. The summed E-state index contributed by atoms with van der Waals surface area (Å²) >= 11 is 1.74. The zero-order valence-corrected chi connectivity index (χ0v) is 16.0. The Balaban J connectivity index is 1.70. The molecule has 2 aromatic heterocycles. The molecule has 1 unspecified atom stereocenters. The largest absolute Gasteiger partial charge is 0.300 e. The highest BCUT2D eigenvalue weighted by Gasteiger charge is 2.24. The average molecular weight is 345 g/mol. The van der Waals surface area contributed by atoms with Crippen LogP contribution >= 0.6 is 11.3 Å². The van der Waals surface area contributed by atoms with Crippen molar-refractivity contribution in [3.05, 3.63) is 29.3 Å². The quantitative estimate of drug-likeness (QED) is 0.807. The fraction of sp³-hybridized carbons (Fsp3) is 0.632. The summed E-state index contributed by atoms with van der Waals surface area (Å²) < 4.78 is 0. The predicted molar refractivity (Wildman–Crippen MR) is 100 cm³/mol. The van der Waals surface area contributed by atoms with Crippen molar-refractivity contribution in [1.82, 2.24) is 19.9 Å². The van der Waals surface area contributed by atoms with Crippen LogP contribution in [0.4, 0.5) is 0 Å². The van der Waals surface area contributed by atoms with Crippen molar-refractivity contribution in [3.8, 4) is 10.6 Å². The Hall–Kier alpha value is -1.33. The average Bonchev–Trinajstić information content (AvgIpc) is 3.03. The Morgan fingerprint density at radius 2 is 1.96 bits per heavy atom. The number of thiazole rings is 1. The number of nitrogens with zero attached hydrogens (tertiary/aromatic N) is 4. The molecule has 0 N–H and O–H groups in total. The van der Waals surface area contributed by atoms with Gasteiger partial charge in [-0.2, -0.15) is 0 Å². The number of aromatic nitrogens is 3. The van der Waals surface area contributed by atoms with Gasteiger partial charge in [0.1, 0.15) is 5.69 Å². The maximum absolute atomic E-state index is 4.73. The van der Waals surface area contributed by atoms with Gasteiger partial charge in [0.2, 0.25) is 0 Å². The lowest BCUT2D eigenvalue weighted by Crippen LogP contribution is -2.39. The first-order valence-corrected chi connectivity index (χ1v) is 9.85. The van der Waals surface area contributed by atoms with Gasteiger partial charge >= 0.3 is 0 Å². The van der Waals surface area contributed by atoms with Crippen LogP contribution in [0.15, 0.2) is 18.6 Å². The molecular formula is C19H28N4S. The first-order valence-electron chi connectivity index (χ1n) is 9.04.